The number of likely N-dealkylation sites (N-methyl/N-ethyl adjacent to an activating group) is 1. The van der Waals surface area contributed by atoms with Gasteiger partial charge in [0.2, 0.25) is 0 Å². The van der Waals surface area contributed by atoms with Crippen LogP contribution in [0.5, 0.6) is 0 Å². The second-order valence-corrected chi connectivity index (χ2v) is 3.48. The SMILES string of the molecule is C=CCOn1ncc2c1CNCC2NC. The maximum Gasteiger partial charge on any atom is 0.135 e. The molecule has 0 amide bonds. The summed E-state index contributed by atoms with van der Waals surface area (Å²) in [5.74, 6) is 0. The Balaban J connectivity index is 2.21. The van der Waals surface area contributed by atoms with Gasteiger partial charge in [0.15, 0.2) is 0 Å². The van der Waals surface area contributed by atoms with Crippen LogP contribution in [0.4, 0.5) is 0 Å². The van der Waals surface area contributed by atoms with E-state index >= 15 is 0 Å². The Kier molecular flexibility index (Phi) is 3.03. The zero-order valence-corrected chi connectivity index (χ0v) is 8.86. The van der Waals surface area contributed by atoms with Gasteiger partial charge < -0.3 is 15.5 Å². The molecule has 1 aromatic rings. The first-order valence-electron chi connectivity index (χ1n) is 5.05. The summed E-state index contributed by atoms with van der Waals surface area (Å²) in [6.07, 6.45) is 3.57. The highest BCUT2D eigenvalue weighted by Crippen LogP contribution is 2.20. The molecule has 1 aliphatic heterocycles. The van der Waals surface area contributed by atoms with Crippen LogP contribution in [0.1, 0.15) is 17.3 Å². The van der Waals surface area contributed by atoms with Crippen LogP contribution in [-0.2, 0) is 6.54 Å². The van der Waals surface area contributed by atoms with E-state index in [-0.39, 0.29) is 0 Å². The molecule has 82 valence electrons. The number of fused-ring (bicyclic) bond motifs is 1. The van der Waals surface area contributed by atoms with Gasteiger partial charge in [-0.1, -0.05) is 12.7 Å². The largest absolute Gasteiger partial charge is 0.392 e. The van der Waals surface area contributed by atoms with Crippen molar-refractivity contribution in [2.45, 2.75) is 12.6 Å². The monoisotopic (exact) mass is 208 g/mol. The molecule has 0 aromatic carbocycles. The topological polar surface area (TPSA) is 51.1 Å². The molecule has 1 aromatic heterocycles. The predicted molar refractivity (Wildman–Crippen MR) is 57.4 cm³/mol. The van der Waals surface area contributed by atoms with E-state index in [1.807, 2.05) is 13.2 Å². The van der Waals surface area contributed by atoms with E-state index in [1.54, 1.807) is 10.9 Å². The lowest BCUT2D eigenvalue weighted by atomic mass is 10.0. The first-order valence-corrected chi connectivity index (χ1v) is 5.05. The molecule has 0 aliphatic carbocycles. The van der Waals surface area contributed by atoms with Crippen LogP contribution in [0.3, 0.4) is 0 Å². The van der Waals surface area contributed by atoms with Gasteiger partial charge in [0.05, 0.1) is 11.9 Å². The molecular formula is C10H16N4O. The summed E-state index contributed by atoms with van der Waals surface area (Å²) in [5, 5.41) is 10.8. The molecule has 5 nitrogen and oxygen atoms in total. The molecule has 0 saturated heterocycles. The quantitative estimate of drug-likeness (QED) is 0.676. The molecule has 2 N–H and O–H groups in total. The van der Waals surface area contributed by atoms with E-state index < -0.39 is 0 Å². The lowest BCUT2D eigenvalue weighted by Crippen LogP contribution is -2.36. The minimum atomic E-state index is 0.315. The fourth-order valence-corrected chi connectivity index (χ4v) is 1.77. The van der Waals surface area contributed by atoms with Crippen molar-refractivity contribution in [2.24, 2.45) is 0 Å². The van der Waals surface area contributed by atoms with Gasteiger partial charge in [0.25, 0.3) is 0 Å². The average molecular weight is 208 g/mol. The van der Waals surface area contributed by atoms with Gasteiger partial charge in [-0.25, -0.2) is 0 Å². The molecule has 5 heteroatoms. The number of aromatic nitrogens is 2. The van der Waals surface area contributed by atoms with Gasteiger partial charge >= 0.3 is 0 Å². The van der Waals surface area contributed by atoms with Crippen LogP contribution in [-0.4, -0.2) is 30.1 Å². The van der Waals surface area contributed by atoms with Crippen molar-refractivity contribution >= 4 is 0 Å². The molecule has 1 unspecified atom stereocenters. The number of nitrogens with one attached hydrogen (secondary N) is 2. The molecule has 0 fully saturated rings. The van der Waals surface area contributed by atoms with E-state index in [9.17, 15) is 0 Å². The lowest BCUT2D eigenvalue weighted by molar-refractivity contribution is 0.0954. The third-order valence-electron chi connectivity index (χ3n) is 2.55. The summed E-state index contributed by atoms with van der Waals surface area (Å²) in [7, 11) is 1.95. The van der Waals surface area contributed by atoms with Gasteiger partial charge in [-0.15, -0.1) is 9.94 Å². The van der Waals surface area contributed by atoms with E-state index in [0.717, 1.165) is 18.8 Å². The lowest BCUT2D eigenvalue weighted by Gasteiger charge is -2.23. The summed E-state index contributed by atoms with van der Waals surface area (Å²) >= 11 is 0. The van der Waals surface area contributed by atoms with Crippen LogP contribution >= 0.6 is 0 Å². The number of nitrogens with zero attached hydrogens (tertiary/aromatic N) is 2. The molecule has 0 bridgehead atoms. The highest BCUT2D eigenvalue weighted by Gasteiger charge is 2.23. The summed E-state index contributed by atoms with van der Waals surface area (Å²) < 4.78 is 0. The van der Waals surface area contributed by atoms with Gasteiger partial charge in [0, 0.05) is 24.7 Å². The Morgan fingerprint density at radius 1 is 1.87 bits per heavy atom. The smallest absolute Gasteiger partial charge is 0.135 e. The van der Waals surface area contributed by atoms with Crippen molar-refractivity contribution < 1.29 is 4.84 Å². The fourth-order valence-electron chi connectivity index (χ4n) is 1.77. The van der Waals surface area contributed by atoms with Crippen LogP contribution in [0.25, 0.3) is 0 Å². The van der Waals surface area contributed by atoms with E-state index in [0.29, 0.717) is 12.6 Å². The van der Waals surface area contributed by atoms with Crippen LogP contribution in [0.15, 0.2) is 18.9 Å². The average Bonchev–Trinajstić information content (AvgIpc) is 2.69. The third-order valence-corrected chi connectivity index (χ3v) is 2.55. The Hall–Kier alpha value is -1.33. The van der Waals surface area contributed by atoms with Crippen molar-refractivity contribution in [1.29, 1.82) is 0 Å². The maximum atomic E-state index is 5.41. The maximum absolute atomic E-state index is 5.41. The molecule has 0 spiro atoms. The Labute approximate surface area is 89.1 Å². The molecule has 2 rings (SSSR count). The van der Waals surface area contributed by atoms with Gasteiger partial charge in [0.1, 0.15) is 6.61 Å². The van der Waals surface area contributed by atoms with Crippen LogP contribution < -0.4 is 15.5 Å². The third kappa shape index (κ3) is 1.88. The summed E-state index contributed by atoms with van der Waals surface area (Å²) in [4.78, 5) is 6.98. The van der Waals surface area contributed by atoms with E-state index in [2.05, 4.69) is 22.3 Å². The van der Waals surface area contributed by atoms with Gasteiger partial charge in [-0.05, 0) is 7.05 Å². The molecule has 1 atom stereocenters. The molecule has 0 radical (unpaired) electrons. The van der Waals surface area contributed by atoms with E-state index in [1.165, 1.54) is 5.56 Å². The molecule has 15 heavy (non-hydrogen) atoms. The number of hydrogen-bond donors (Lipinski definition) is 2. The van der Waals surface area contributed by atoms with Gasteiger partial charge in [-0.2, -0.15) is 0 Å². The van der Waals surface area contributed by atoms with Crippen molar-refractivity contribution in [3.05, 3.63) is 30.1 Å². The Morgan fingerprint density at radius 2 is 2.73 bits per heavy atom. The van der Waals surface area contributed by atoms with Crippen molar-refractivity contribution in [3.63, 3.8) is 0 Å². The number of rotatable bonds is 4. The highest BCUT2D eigenvalue weighted by atomic mass is 16.7. The summed E-state index contributed by atoms with van der Waals surface area (Å²) in [5.41, 5.74) is 2.29. The van der Waals surface area contributed by atoms with Crippen LogP contribution in [0.2, 0.25) is 0 Å². The van der Waals surface area contributed by atoms with Crippen molar-refractivity contribution in [1.82, 2.24) is 20.6 Å². The van der Waals surface area contributed by atoms with Crippen LogP contribution in [0, 0.1) is 0 Å². The second kappa shape index (κ2) is 4.46. The minimum absolute atomic E-state index is 0.315. The fraction of sp³-hybridized carbons (Fsp3) is 0.500. The Bertz CT molecular complexity index is 347. The zero-order chi connectivity index (χ0) is 10.7. The summed E-state index contributed by atoms with van der Waals surface area (Å²) in [6, 6.07) is 0.315. The first-order chi connectivity index (χ1) is 7.36. The molecule has 1 aliphatic rings. The predicted octanol–water partition coefficient (Wildman–Crippen LogP) is -0.139. The first kappa shape index (κ1) is 10.2. The Morgan fingerprint density at radius 3 is 3.47 bits per heavy atom. The van der Waals surface area contributed by atoms with E-state index in [4.69, 9.17) is 4.84 Å². The number of hydrogen-bond acceptors (Lipinski definition) is 4. The highest BCUT2D eigenvalue weighted by molar-refractivity contribution is 5.24. The summed E-state index contributed by atoms with van der Waals surface area (Å²) in [6.45, 7) is 5.80. The van der Waals surface area contributed by atoms with Crippen molar-refractivity contribution in [2.75, 3.05) is 20.2 Å². The molecule has 0 saturated carbocycles. The standard InChI is InChI=1S/C10H16N4O/c1-3-4-15-14-10-7-12-6-9(11-2)8(10)5-13-14/h3,5,9,11-12H,1,4,6-7H2,2H3. The zero-order valence-electron chi connectivity index (χ0n) is 8.86. The minimum Gasteiger partial charge on any atom is -0.392 e. The molecule has 2 heterocycles. The normalized spacial score (nSPS) is 19.7. The van der Waals surface area contributed by atoms with Crippen molar-refractivity contribution in [3.8, 4) is 0 Å². The van der Waals surface area contributed by atoms with Gasteiger partial charge in [-0.3, -0.25) is 0 Å². The molecular weight excluding hydrogens is 192 g/mol. The second-order valence-electron chi connectivity index (χ2n) is 3.48.